The van der Waals surface area contributed by atoms with Crippen LogP contribution in [0.4, 0.5) is 0 Å². The minimum absolute atomic E-state index is 0.156. The molecular weight excluding hydrogens is 474 g/mol. The lowest BCUT2D eigenvalue weighted by Crippen LogP contribution is -2.32. The van der Waals surface area contributed by atoms with Crippen molar-refractivity contribution in [2.24, 2.45) is 23.2 Å². The Kier molecular flexibility index (Phi) is 14.6. The van der Waals surface area contributed by atoms with Crippen molar-refractivity contribution in [1.29, 1.82) is 0 Å². The average molecular weight is 522 g/mol. The van der Waals surface area contributed by atoms with Gasteiger partial charge < -0.3 is 46.6 Å². The van der Waals surface area contributed by atoms with Gasteiger partial charge in [-0.25, -0.2) is 0 Å². The second kappa shape index (κ2) is 15.4. The van der Waals surface area contributed by atoms with Crippen molar-refractivity contribution >= 4 is 17.9 Å². The van der Waals surface area contributed by atoms with Crippen LogP contribution in [0.1, 0.15) is 54.9 Å². The molecule has 3 aliphatic heterocycles. The number of nitrogens with one attached hydrogen (secondary N) is 3. The molecule has 0 saturated carbocycles. The quantitative estimate of drug-likeness (QED) is 0.166. The summed E-state index contributed by atoms with van der Waals surface area (Å²) in [6, 6.07) is 1.83. The Hall–Kier alpha value is -1.83. The van der Waals surface area contributed by atoms with Gasteiger partial charge in [-0.05, 0) is 27.2 Å². The van der Waals surface area contributed by atoms with E-state index >= 15 is 0 Å². The molecular formula is C24H47N3O9. The summed E-state index contributed by atoms with van der Waals surface area (Å²) in [5, 5.41) is 60.5. The molecule has 0 aromatic carbocycles. The summed E-state index contributed by atoms with van der Waals surface area (Å²) in [5.41, 5.74) is -0.667. The van der Waals surface area contributed by atoms with Gasteiger partial charge >= 0.3 is 17.9 Å². The summed E-state index contributed by atoms with van der Waals surface area (Å²) in [5.74, 6) is -2.84. The monoisotopic (exact) mass is 521 g/mol. The third kappa shape index (κ3) is 11.5. The molecule has 12 nitrogen and oxygen atoms in total. The lowest BCUT2D eigenvalue weighted by atomic mass is 9.88. The van der Waals surface area contributed by atoms with E-state index in [9.17, 15) is 14.4 Å². The van der Waals surface area contributed by atoms with E-state index in [4.69, 9.17) is 30.6 Å². The van der Waals surface area contributed by atoms with Crippen molar-refractivity contribution < 1.29 is 45.0 Å². The van der Waals surface area contributed by atoms with E-state index in [1.165, 1.54) is 0 Å². The highest BCUT2D eigenvalue weighted by atomic mass is 16.4. The molecule has 212 valence electrons. The molecule has 3 fully saturated rings. The van der Waals surface area contributed by atoms with Crippen LogP contribution in [-0.4, -0.2) is 105 Å². The zero-order valence-electron chi connectivity index (χ0n) is 22.4. The predicted molar refractivity (Wildman–Crippen MR) is 134 cm³/mol. The average Bonchev–Trinajstić information content (AvgIpc) is 3.77. The van der Waals surface area contributed by atoms with E-state index in [1.807, 2.05) is 27.7 Å². The number of rotatable bonds is 10. The molecule has 36 heavy (non-hydrogen) atoms. The summed E-state index contributed by atoms with van der Waals surface area (Å²) < 4.78 is 0. The largest absolute Gasteiger partial charge is 0.481 e. The first-order valence-electron chi connectivity index (χ1n) is 12.4. The van der Waals surface area contributed by atoms with Gasteiger partial charge in [-0.15, -0.1) is 0 Å². The first-order chi connectivity index (χ1) is 16.6. The highest BCUT2D eigenvalue weighted by Gasteiger charge is 2.41. The molecule has 9 unspecified atom stereocenters. The second-order valence-electron chi connectivity index (χ2n) is 10.2. The van der Waals surface area contributed by atoms with E-state index in [0.717, 1.165) is 0 Å². The molecule has 3 saturated heterocycles. The highest BCUT2D eigenvalue weighted by molar-refractivity contribution is 5.72. The molecule has 0 amide bonds. The van der Waals surface area contributed by atoms with Crippen molar-refractivity contribution in [3.05, 3.63) is 0 Å². The Balaban J connectivity index is 0.000000454. The van der Waals surface area contributed by atoms with Crippen molar-refractivity contribution in [3.8, 4) is 0 Å². The maximum Gasteiger partial charge on any atom is 0.307 e. The number of carbonyl (C=O) groups is 3. The summed E-state index contributed by atoms with van der Waals surface area (Å²) in [7, 11) is 0. The SMILES string of the molecule is CC1NC1C(C)C(=O)O.CC1NC1C(C)C(=O)O.CC1NC1C(C)C(=O)O.CCC(CO)(CO)CO. The fourth-order valence-corrected chi connectivity index (χ4v) is 3.42. The summed E-state index contributed by atoms with van der Waals surface area (Å²) in [6.07, 6.45) is 0.594. The maximum atomic E-state index is 10.3. The molecule has 3 aliphatic rings. The number of aliphatic carboxylic acids is 3. The molecule has 3 rings (SSSR count). The zero-order valence-corrected chi connectivity index (χ0v) is 22.4. The first-order valence-corrected chi connectivity index (χ1v) is 12.4. The van der Waals surface area contributed by atoms with Crippen LogP contribution < -0.4 is 16.0 Å². The smallest absolute Gasteiger partial charge is 0.307 e. The van der Waals surface area contributed by atoms with Crippen LogP contribution in [0.5, 0.6) is 0 Å². The third-order valence-corrected chi connectivity index (χ3v) is 7.20. The molecule has 0 radical (unpaired) electrons. The van der Waals surface area contributed by atoms with Crippen LogP contribution in [0, 0.1) is 23.2 Å². The van der Waals surface area contributed by atoms with Crippen molar-refractivity contribution in [2.45, 2.75) is 91.1 Å². The Morgan fingerprint density at radius 2 is 0.833 bits per heavy atom. The summed E-state index contributed by atoms with van der Waals surface area (Å²) in [6.45, 7) is 12.5. The van der Waals surface area contributed by atoms with Gasteiger partial charge in [0.25, 0.3) is 0 Å². The molecule has 0 aromatic rings. The van der Waals surface area contributed by atoms with Crippen molar-refractivity contribution in [3.63, 3.8) is 0 Å². The zero-order chi connectivity index (χ0) is 28.4. The Bertz CT molecular complexity index is 611. The molecule has 0 bridgehead atoms. The van der Waals surface area contributed by atoms with E-state index < -0.39 is 23.3 Å². The van der Waals surface area contributed by atoms with Gasteiger partial charge in [0.1, 0.15) is 0 Å². The maximum absolute atomic E-state index is 10.3. The van der Waals surface area contributed by atoms with Gasteiger partial charge in [0.05, 0.1) is 37.6 Å². The second-order valence-corrected chi connectivity index (χ2v) is 10.2. The van der Waals surface area contributed by atoms with Gasteiger partial charge in [0.2, 0.25) is 0 Å². The lowest BCUT2D eigenvalue weighted by Gasteiger charge is -2.24. The van der Waals surface area contributed by atoms with Crippen molar-refractivity contribution in [2.75, 3.05) is 19.8 Å². The van der Waals surface area contributed by atoms with E-state index in [-0.39, 0.29) is 55.7 Å². The molecule has 9 atom stereocenters. The molecule has 0 aliphatic carbocycles. The Labute approximate surface area is 213 Å². The Morgan fingerprint density at radius 3 is 0.861 bits per heavy atom. The predicted octanol–water partition coefficient (Wildman–Crippen LogP) is -0.438. The fourth-order valence-electron chi connectivity index (χ4n) is 3.42. The molecule has 3 heterocycles. The first kappa shape index (κ1) is 34.2. The van der Waals surface area contributed by atoms with Crippen LogP contribution in [-0.2, 0) is 14.4 Å². The minimum atomic E-state index is -0.711. The normalized spacial score (nSPS) is 29.8. The van der Waals surface area contributed by atoms with Gasteiger partial charge in [-0.2, -0.15) is 0 Å². The van der Waals surface area contributed by atoms with Crippen LogP contribution in [0.3, 0.4) is 0 Å². The van der Waals surface area contributed by atoms with Gasteiger partial charge in [0, 0.05) is 41.7 Å². The number of hydrogen-bond acceptors (Lipinski definition) is 9. The number of hydrogen-bond donors (Lipinski definition) is 9. The number of carboxylic acid groups (broad SMARTS) is 3. The highest BCUT2D eigenvalue weighted by Crippen LogP contribution is 2.20. The standard InChI is InChI=1S/3C6H11NO2.C6H14O3/c3*1-3(6(8)9)5-4(2)7-5;1-2-6(3-7,4-8)5-9/h3*3-5,7H,1-2H3,(H,8,9);7-9H,2-5H2,1H3. The minimum Gasteiger partial charge on any atom is -0.481 e. The summed E-state index contributed by atoms with van der Waals surface area (Å²) >= 11 is 0. The number of aliphatic hydroxyl groups is 3. The van der Waals surface area contributed by atoms with Crippen LogP contribution >= 0.6 is 0 Å². The molecule has 0 spiro atoms. The van der Waals surface area contributed by atoms with E-state index in [1.54, 1.807) is 20.8 Å². The molecule has 9 N–H and O–H groups in total. The number of carboxylic acids is 3. The van der Waals surface area contributed by atoms with Crippen LogP contribution in [0.15, 0.2) is 0 Å². The van der Waals surface area contributed by atoms with Crippen LogP contribution in [0.25, 0.3) is 0 Å². The fraction of sp³-hybridized carbons (Fsp3) is 0.875. The van der Waals surface area contributed by atoms with E-state index in [0.29, 0.717) is 24.5 Å². The third-order valence-electron chi connectivity index (χ3n) is 7.20. The van der Waals surface area contributed by atoms with Crippen molar-refractivity contribution in [1.82, 2.24) is 16.0 Å². The van der Waals surface area contributed by atoms with Crippen LogP contribution in [0.2, 0.25) is 0 Å². The summed E-state index contributed by atoms with van der Waals surface area (Å²) in [4.78, 5) is 30.9. The van der Waals surface area contributed by atoms with Gasteiger partial charge in [-0.1, -0.05) is 27.7 Å². The number of aliphatic hydroxyl groups excluding tert-OH is 3. The van der Waals surface area contributed by atoms with Gasteiger partial charge in [0.15, 0.2) is 0 Å². The van der Waals surface area contributed by atoms with Gasteiger partial charge in [-0.3, -0.25) is 14.4 Å². The lowest BCUT2D eigenvalue weighted by molar-refractivity contribution is -0.142. The molecule has 0 aromatic heterocycles. The topological polar surface area (TPSA) is 238 Å². The Morgan fingerprint density at radius 1 is 0.639 bits per heavy atom. The van der Waals surface area contributed by atoms with E-state index in [2.05, 4.69) is 16.0 Å². The molecule has 12 heteroatoms.